The number of phenolic OH excluding ortho intramolecular Hbond substituents is 1. The van der Waals surface area contributed by atoms with Gasteiger partial charge in [-0.25, -0.2) is 5.43 Å². The van der Waals surface area contributed by atoms with Crippen LogP contribution >= 0.6 is 15.9 Å². The Morgan fingerprint density at radius 3 is 2.54 bits per heavy atom. The zero-order valence-electron chi connectivity index (χ0n) is 13.5. The van der Waals surface area contributed by atoms with Gasteiger partial charge in [-0.2, -0.15) is 5.10 Å². The van der Waals surface area contributed by atoms with Gasteiger partial charge in [-0.3, -0.25) is 4.79 Å². The van der Waals surface area contributed by atoms with E-state index >= 15 is 0 Å². The fraction of sp³-hybridized carbons (Fsp3) is 0.176. The third-order valence-electron chi connectivity index (χ3n) is 3.33. The number of aromatic hydroxyl groups is 1. The molecule has 0 spiro atoms. The lowest BCUT2D eigenvalue weighted by Crippen LogP contribution is -2.19. The Bertz CT molecular complexity index is 790. The number of amides is 1. The van der Waals surface area contributed by atoms with Gasteiger partial charge in [0, 0.05) is 16.1 Å². The van der Waals surface area contributed by atoms with Crippen LogP contribution in [-0.4, -0.2) is 30.9 Å². The number of hydrazone groups is 1. The Morgan fingerprint density at radius 2 is 1.88 bits per heavy atom. The number of methoxy groups -OCH3 is 2. The van der Waals surface area contributed by atoms with Gasteiger partial charge in [0.15, 0.2) is 0 Å². The predicted molar refractivity (Wildman–Crippen MR) is 95.0 cm³/mol. The van der Waals surface area contributed by atoms with Crippen molar-refractivity contribution in [2.45, 2.75) is 6.92 Å². The predicted octanol–water partition coefficient (Wildman–Crippen LogP) is 3.33. The Hall–Kier alpha value is -2.54. The van der Waals surface area contributed by atoms with Crippen molar-refractivity contribution in [1.29, 1.82) is 0 Å². The van der Waals surface area contributed by atoms with Crippen LogP contribution in [0.3, 0.4) is 0 Å². The van der Waals surface area contributed by atoms with E-state index in [4.69, 9.17) is 9.47 Å². The normalized spacial score (nSPS) is 11.1. The van der Waals surface area contributed by atoms with Gasteiger partial charge in [0.1, 0.15) is 17.2 Å². The molecule has 0 aliphatic rings. The van der Waals surface area contributed by atoms with E-state index in [0.717, 1.165) is 5.56 Å². The Labute approximate surface area is 148 Å². The van der Waals surface area contributed by atoms with Crippen LogP contribution in [0.2, 0.25) is 0 Å². The van der Waals surface area contributed by atoms with Crippen LogP contribution in [0.5, 0.6) is 17.2 Å². The molecule has 0 aromatic heterocycles. The summed E-state index contributed by atoms with van der Waals surface area (Å²) < 4.78 is 11.1. The molecule has 2 aromatic rings. The molecule has 0 saturated heterocycles. The summed E-state index contributed by atoms with van der Waals surface area (Å²) in [5.74, 6) is 0.604. The van der Waals surface area contributed by atoms with Gasteiger partial charge in [0.2, 0.25) is 0 Å². The van der Waals surface area contributed by atoms with E-state index in [0.29, 0.717) is 21.7 Å². The average molecular weight is 393 g/mol. The number of ether oxygens (including phenoxy) is 2. The lowest BCUT2D eigenvalue weighted by molar-refractivity contribution is 0.0952. The van der Waals surface area contributed by atoms with E-state index in [-0.39, 0.29) is 11.3 Å². The summed E-state index contributed by atoms with van der Waals surface area (Å²) in [5.41, 5.74) is 3.83. The number of nitrogens with one attached hydrogen (secondary N) is 1. The standard InChI is InChI=1S/C17H17BrN2O4/c1-10(13-6-5-12(23-2)9-16(13)24-3)19-20-17(22)14-8-11(18)4-7-15(14)21/h4-9,21H,1-3H3,(H,20,22)/b19-10+. The van der Waals surface area contributed by atoms with Crippen molar-refractivity contribution >= 4 is 27.5 Å². The highest BCUT2D eigenvalue weighted by molar-refractivity contribution is 9.10. The molecule has 2 rings (SSSR count). The Morgan fingerprint density at radius 1 is 1.12 bits per heavy atom. The van der Waals surface area contributed by atoms with Crippen LogP contribution < -0.4 is 14.9 Å². The lowest BCUT2D eigenvalue weighted by Gasteiger charge is -2.10. The van der Waals surface area contributed by atoms with Gasteiger partial charge in [-0.05, 0) is 37.3 Å². The molecule has 0 heterocycles. The third-order valence-corrected chi connectivity index (χ3v) is 3.82. The zero-order valence-corrected chi connectivity index (χ0v) is 15.0. The minimum absolute atomic E-state index is 0.120. The Kier molecular flexibility index (Phi) is 5.81. The largest absolute Gasteiger partial charge is 0.507 e. The number of benzene rings is 2. The van der Waals surface area contributed by atoms with Gasteiger partial charge >= 0.3 is 0 Å². The van der Waals surface area contributed by atoms with Crippen LogP contribution in [0, 0.1) is 0 Å². The molecule has 0 unspecified atom stereocenters. The van der Waals surface area contributed by atoms with Gasteiger partial charge in [0.25, 0.3) is 5.91 Å². The van der Waals surface area contributed by atoms with Crippen LogP contribution in [0.4, 0.5) is 0 Å². The van der Waals surface area contributed by atoms with Crippen molar-refractivity contribution < 1.29 is 19.4 Å². The summed E-state index contributed by atoms with van der Waals surface area (Å²) in [5, 5.41) is 13.8. The first kappa shape index (κ1) is 17.8. The van der Waals surface area contributed by atoms with Crippen molar-refractivity contribution in [3.63, 3.8) is 0 Å². The van der Waals surface area contributed by atoms with E-state index in [1.165, 1.54) is 12.1 Å². The second-order valence-corrected chi connectivity index (χ2v) is 5.78. The van der Waals surface area contributed by atoms with Crippen LogP contribution in [0.15, 0.2) is 46.0 Å². The SMILES string of the molecule is COc1ccc(/C(C)=N/NC(=O)c2cc(Br)ccc2O)c(OC)c1. The monoisotopic (exact) mass is 392 g/mol. The summed E-state index contributed by atoms with van der Waals surface area (Å²) in [6.45, 7) is 1.74. The third kappa shape index (κ3) is 4.05. The van der Waals surface area contributed by atoms with E-state index in [1.54, 1.807) is 45.4 Å². The van der Waals surface area contributed by atoms with Crippen LogP contribution in [-0.2, 0) is 0 Å². The Balaban J connectivity index is 2.22. The van der Waals surface area contributed by atoms with E-state index in [2.05, 4.69) is 26.5 Å². The minimum Gasteiger partial charge on any atom is -0.507 e. The number of carbonyl (C=O) groups excluding carboxylic acids is 1. The first-order valence-electron chi connectivity index (χ1n) is 7.01. The molecule has 0 saturated carbocycles. The molecule has 6 nitrogen and oxygen atoms in total. The van der Waals surface area contributed by atoms with Crippen LogP contribution in [0.1, 0.15) is 22.8 Å². The van der Waals surface area contributed by atoms with Crippen LogP contribution in [0.25, 0.3) is 0 Å². The molecule has 0 fully saturated rings. The lowest BCUT2D eigenvalue weighted by atomic mass is 10.1. The second-order valence-electron chi connectivity index (χ2n) is 4.87. The molecule has 1 amide bonds. The number of hydrogen-bond donors (Lipinski definition) is 2. The first-order chi connectivity index (χ1) is 11.5. The molecule has 0 bridgehead atoms. The topological polar surface area (TPSA) is 80.2 Å². The van der Waals surface area contributed by atoms with Crippen molar-refractivity contribution in [3.05, 3.63) is 52.0 Å². The highest BCUT2D eigenvalue weighted by Gasteiger charge is 2.12. The molecule has 2 N–H and O–H groups in total. The average Bonchev–Trinajstić information content (AvgIpc) is 2.60. The van der Waals surface area contributed by atoms with Gasteiger partial charge < -0.3 is 14.6 Å². The molecule has 126 valence electrons. The molecule has 0 aliphatic carbocycles. The number of carbonyl (C=O) groups is 1. The number of rotatable bonds is 5. The summed E-state index contributed by atoms with van der Waals surface area (Å²) >= 11 is 3.26. The number of nitrogens with zero attached hydrogens (tertiary/aromatic N) is 1. The van der Waals surface area contributed by atoms with Crippen molar-refractivity contribution in [1.82, 2.24) is 5.43 Å². The summed E-state index contributed by atoms with van der Waals surface area (Å²) in [6, 6.07) is 9.89. The van der Waals surface area contributed by atoms with Crippen molar-refractivity contribution in [2.24, 2.45) is 5.10 Å². The molecule has 2 aromatic carbocycles. The van der Waals surface area contributed by atoms with Gasteiger partial charge in [-0.1, -0.05) is 15.9 Å². The summed E-state index contributed by atoms with van der Waals surface area (Å²) in [4.78, 5) is 12.2. The van der Waals surface area contributed by atoms with E-state index in [9.17, 15) is 9.90 Å². The molecule has 0 radical (unpaired) electrons. The molecule has 24 heavy (non-hydrogen) atoms. The smallest absolute Gasteiger partial charge is 0.275 e. The second kappa shape index (κ2) is 7.83. The first-order valence-corrected chi connectivity index (χ1v) is 7.81. The zero-order chi connectivity index (χ0) is 17.7. The molecule has 7 heteroatoms. The number of halogens is 1. The van der Waals surface area contributed by atoms with E-state index < -0.39 is 5.91 Å². The number of phenols is 1. The summed E-state index contributed by atoms with van der Waals surface area (Å²) in [6.07, 6.45) is 0. The van der Waals surface area contributed by atoms with E-state index in [1.807, 2.05) is 0 Å². The van der Waals surface area contributed by atoms with Gasteiger partial charge in [-0.15, -0.1) is 0 Å². The highest BCUT2D eigenvalue weighted by atomic mass is 79.9. The molecule has 0 aliphatic heterocycles. The fourth-order valence-electron chi connectivity index (χ4n) is 2.04. The maximum absolute atomic E-state index is 12.2. The quantitative estimate of drug-likeness (QED) is 0.603. The molecular formula is C17H17BrN2O4. The number of hydrogen-bond acceptors (Lipinski definition) is 5. The van der Waals surface area contributed by atoms with Gasteiger partial charge in [0.05, 0.1) is 25.5 Å². The minimum atomic E-state index is -0.513. The maximum Gasteiger partial charge on any atom is 0.275 e. The molecular weight excluding hydrogens is 376 g/mol. The molecule has 0 atom stereocenters. The fourth-order valence-corrected chi connectivity index (χ4v) is 2.40. The highest BCUT2D eigenvalue weighted by Crippen LogP contribution is 2.25. The maximum atomic E-state index is 12.2. The van der Waals surface area contributed by atoms with Crippen molar-refractivity contribution in [2.75, 3.05) is 14.2 Å². The summed E-state index contributed by atoms with van der Waals surface area (Å²) in [7, 11) is 3.11. The van der Waals surface area contributed by atoms with Crippen molar-refractivity contribution in [3.8, 4) is 17.2 Å².